The van der Waals surface area contributed by atoms with E-state index in [9.17, 15) is 24.4 Å². The quantitative estimate of drug-likeness (QED) is 0.105. The van der Waals surface area contributed by atoms with Crippen LogP contribution in [0.25, 0.3) is 0 Å². The van der Waals surface area contributed by atoms with E-state index in [-0.39, 0.29) is 55.3 Å². The van der Waals surface area contributed by atoms with Crippen LogP contribution in [0.1, 0.15) is 41.4 Å². The van der Waals surface area contributed by atoms with Gasteiger partial charge in [-0.2, -0.15) is 5.26 Å². The Morgan fingerprint density at radius 2 is 0.714 bits per heavy atom. The van der Waals surface area contributed by atoms with E-state index in [2.05, 4.69) is 4.99 Å². The number of guanidine groups is 1. The second kappa shape index (κ2) is 14.6. The Bertz CT molecular complexity index is 1380. The molecule has 42 heavy (non-hydrogen) atoms. The van der Waals surface area contributed by atoms with E-state index in [0.29, 0.717) is 22.3 Å². The number of benzene rings is 4. The van der Waals surface area contributed by atoms with Crippen molar-refractivity contribution in [3.8, 4) is 6.19 Å². The molecule has 0 aliphatic heterocycles. The fourth-order valence-electron chi connectivity index (χ4n) is 4.34. The molecular weight excluding hydrogens is 528 g/mol. The zero-order valence-corrected chi connectivity index (χ0v) is 22.8. The van der Waals surface area contributed by atoms with Crippen LogP contribution < -0.4 is 0 Å². The highest BCUT2D eigenvalue weighted by Gasteiger charge is 2.28. The van der Waals surface area contributed by atoms with Crippen LogP contribution >= 0.6 is 0 Å². The highest BCUT2D eigenvalue weighted by atomic mass is 16.1. The van der Waals surface area contributed by atoms with Crippen LogP contribution in [0.2, 0.25) is 0 Å². The molecule has 4 aromatic rings. The summed E-state index contributed by atoms with van der Waals surface area (Å²) < 4.78 is 0. The number of ketones is 4. The van der Waals surface area contributed by atoms with Gasteiger partial charge in [0.15, 0.2) is 23.1 Å². The molecule has 0 aliphatic rings. The van der Waals surface area contributed by atoms with E-state index in [0.717, 1.165) is 0 Å². The van der Waals surface area contributed by atoms with Crippen molar-refractivity contribution in [1.29, 1.82) is 5.26 Å². The Balaban J connectivity index is 1.73. The molecule has 0 aromatic heterocycles. The van der Waals surface area contributed by atoms with Crippen molar-refractivity contribution < 1.29 is 19.2 Å². The first kappa shape index (κ1) is 29.3. The van der Waals surface area contributed by atoms with E-state index >= 15 is 0 Å². The molecule has 0 bridgehead atoms. The van der Waals surface area contributed by atoms with Gasteiger partial charge in [0.25, 0.3) is 0 Å². The fourth-order valence-corrected chi connectivity index (χ4v) is 4.34. The molecule has 0 saturated carbocycles. The molecule has 0 amide bonds. The number of carbonyl (C=O) groups is 4. The van der Waals surface area contributed by atoms with Crippen molar-refractivity contribution in [2.75, 3.05) is 26.2 Å². The van der Waals surface area contributed by atoms with Crippen LogP contribution in [-0.2, 0) is 0 Å². The summed E-state index contributed by atoms with van der Waals surface area (Å²) >= 11 is 0. The lowest BCUT2D eigenvalue weighted by atomic mass is 10.1. The molecule has 8 heteroatoms. The highest BCUT2D eigenvalue weighted by Crippen LogP contribution is 2.12. The van der Waals surface area contributed by atoms with Crippen molar-refractivity contribution in [3.63, 3.8) is 0 Å². The Labute approximate surface area is 244 Å². The first-order chi connectivity index (χ1) is 20.5. The zero-order valence-electron chi connectivity index (χ0n) is 22.8. The predicted octanol–water partition coefficient (Wildman–Crippen LogP) is 4.96. The number of carbonyl (C=O) groups excluding carboxylic acids is 4. The largest absolute Gasteiger partial charge is 0.326 e. The lowest BCUT2D eigenvalue weighted by Gasteiger charge is -2.32. The number of aliphatic imine (C=N–C) groups is 1. The normalized spacial score (nSPS) is 10.2. The number of nitriles is 1. The van der Waals surface area contributed by atoms with Crippen LogP contribution in [0.15, 0.2) is 126 Å². The lowest BCUT2D eigenvalue weighted by Crippen LogP contribution is -2.51. The summed E-state index contributed by atoms with van der Waals surface area (Å²) in [7, 11) is 0. The number of hydrogen-bond acceptors (Lipinski definition) is 6. The summed E-state index contributed by atoms with van der Waals surface area (Å²) in [6.07, 6.45) is 1.74. The first-order valence-electron chi connectivity index (χ1n) is 13.3. The van der Waals surface area contributed by atoms with E-state index in [1.54, 1.807) is 128 Å². The van der Waals surface area contributed by atoms with Crippen LogP contribution in [-0.4, -0.2) is 65.1 Å². The molecular formula is C34H28N4O4. The van der Waals surface area contributed by atoms with Crippen LogP contribution in [0, 0.1) is 11.5 Å². The van der Waals surface area contributed by atoms with Crippen molar-refractivity contribution in [1.82, 2.24) is 9.80 Å². The Kier molecular flexibility index (Phi) is 10.2. The molecule has 0 radical (unpaired) electrons. The predicted molar refractivity (Wildman–Crippen MR) is 159 cm³/mol. The SMILES string of the molecule is N#CN=C(N(CC(=O)c1ccccc1)CC(=O)c1ccccc1)N(CC(=O)c1ccccc1)CC(=O)c1ccccc1. The molecule has 0 saturated heterocycles. The number of nitrogens with zero attached hydrogens (tertiary/aromatic N) is 4. The molecule has 0 fully saturated rings. The van der Waals surface area contributed by atoms with Gasteiger partial charge in [0.2, 0.25) is 12.2 Å². The molecule has 0 N–H and O–H groups in total. The molecule has 4 rings (SSSR count). The molecule has 8 nitrogen and oxygen atoms in total. The lowest BCUT2D eigenvalue weighted by molar-refractivity contribution is 0.0896. The minimum atomic E-state index is -0.328. The van der Waals surface area contributed by atoms with Gasteiger partial charge in [-0.1, -0.05) is 121 Å². The molecule has 0 unspecified atom stereocenters. The minimum Gasteiger partial charge on any atom is -0.326 e. The molecule has 208 valence electrons. The summed E-state index contributed by atoms with van der Waals surface area (Å²) in [4.78, 5) is 60.1. The third kappa shape index (κ3) is 7.93. The van der Waals surface area contributed by atoms with Crippen LogP contribution in [0.5, 0.6) is 0 Å². The standard InChI is InChI=1S/C34H28N4O4/c35-25-36-34(37(21-30(39)26-13-5-1-6-14-26)22-31(40)27-15-7-2-8-16-27)38(23-32(41)28-17-9-3-10-18-28)24-33(42)29-19-11-4-12-20-29/h1-20H,21-24H2. The maximum absolute atomic E-state index is 13.3. The number of Topliss-reactive ketones (excluding diaryl/α,β-unsaturated/α-hetero) is 4. The smallest absolute Gasteiger partial charge is 0.214 e. The minimum absolute atomic E-state index is 0.125. The van der Waals surface area contributed by atoms with E-state index in [1.807, 2.05) is 0 Å². The summed E-state index contributed by atoms with van der Waals surface area (Å²) in [6, 6.07) is 34.1. The average Bonchev–Trinajstić information content (AvgIpc) is 3.04. The van der Waals surface area contributed by atoms with E-state index in [4.69, 9.17) is 0 Å². The Morgan fingerprint density at radius 1 is 0.476 bits per heavy atom. The van der Waals surface area contributed by atoms with Crippen molar-refractivity contribution in [2.24, 2.45) is 4.99 Å². The second-order valence-corrected chi connectivity index (χ2v) is 9.38. The van der Waals surface area contributed by atoms with Gasteiger partial charge in [0.1, 0.15) is 0 Å². The number of hydrogen-bond donors (Lipinski definition) is 0. The van der Waals surface area contributed by atoms with Gasteiger partial charge < -0.3 is 9.80 Å². The zero-order chi connectivity index (χ0) is 29.7. The maximum atomic E-state index is 13.3. The van der Waals surface area contributed by atoms with E-state index < -0.39 is 0 Å². The Hall–Kier alpha value is -5.68. The molecule has 0 heterocycles. The summed E-state index contributed by atoms with van der Waals surface area (Å²) in [5.41, 5.74) is 1.60. The van der Waals surface area contributed by atoms with Gasteiger partial charge in [-0.15, -0.1) is 4.99 Å². The molecule has 0 spiro atoms. The van der Waals surface area contributed by atoms with Gasteiger partial charge in [-0.3, -0.25) is 19.2 Å². The third-order valence-electron chi connectivity index (χ3n) is 6.44. The maximum Gasteiger partial charge on any atom is 0.214 e. The first-order valence-corrected chi connectivity index (χ1v) is 13.3. The summed E-state index contributed by atoms with van der Waals surface area (Å²) in [5.74, 6) is -1.44. The topological polar surface area (TPSA) is 111 Å². The number of rotatable bonds is 12. The van der Waals surface area contributed by atoms with Gasteiger partial charge in [0, 0.05) is 22.3 Å². The van der Waals surface area contributed by atoms with Crippen molar-refractivity contribution in [3.05, 3.63) is 144 Å². The van der Waals surface area contributed by atoms with Gasteiger partial charge >= 0.3 is 0 Å². The van der Waals surface area contributed by atoms with E-state index in [1.165, 1.54) is 9.80 Å². The molecule has 0 aliphatic carbocycles. The second-order valence-electron chi connectivity index (χ2n) is 9.38. The highest BCUT2D eigenvalue weighted by molar-refractivity contribution is 6.06. The molecule has 4 aromatic carbocycles. The van der Waals surface area contributed by atoms with Gasteiger partial charge in [-0.25, -0.2) is 0 Å². The summed E-state index contributed by atoms with van der Waals surface area (Å²) in [6.45, 7) is -1.28. The Morgan fingerprint density at radius 3 is 0.929 bits per heavy atom. The third-order valence-corrected chi connectivity index (χ3v) is 6.44. The van der Waals surface area contributed by atoms with Gasteiger partial charge in [-0.05, 0) is 0 Å². The van der Waals surface area contributed by atoms with Crippen LogP contribution in [0.4, 0.5) is 0 Å². The fraction of sp³-hybridized carbons (Fsp3) is 0.118. The van der Waals surface area contributed by atoms with Crippen LogP contribution in [0.3, 0.4) is 0 Å². The summed E-state index contributed by atoms with van der Waals surface area (Å²) in [5, 5.41) is 9.71. The molecule has 0 atom stereocenters. The van der Waals surface area contributed by atoms with Crippen molar-refractivity contribution >= 4 is 29.1 Å². The average molecular weight is 557 g/mol. The monoisotopic (exact) mass is 556 g/mol. The van der Waals surface area contributed by atoms with Gasteiger partial charge in [0.05, 0.1) is 26.2 Å². The van der Waals surface area contributed by atoms with Crippen molar-refractivity contribution in [2.45, 2.75) is 0 Å².